The van der Waals surface area contributed by atoms with Crippen molar-refractivity contribution in [3.8, 4) is 17.5 Å². The van der Waals surface area contributed by atoms with Crippen molar-refractivity contribution in [2.75, 3.05) is 31.6 Å². The van der Waals surface area contributed by atoms with Crippen LogP contribution in [0.15, 0.2) is 47.1 Å². The van der Waals surface area contributed by atoms with Gasteiger partial charge < -0.3 is 19.1 Å². The zero-order valence-electron chi connectivity index (χ0n) is 18.2. The number of ether oxygens (including phenoxy) is 1. The first-order chi connectivity index (χ1) is 16.7. The Labute approximate surface area is 196 Å². The summed E-state index contributed by atoms with van der Waals surface area (Å²) in [5, 5.41) is 12.3. The number of nitriles is 1. The average Bonchev–Trinajstić information content (AvgIpc) is 3.39. The van der Waals surface area contributed by atoms with Gasteiger partial charge in [-0.2, -0.15) is 23.4 Å². The van der Waals surface area contributed by atoms with Crippen LogP contribution in [0, 0.1) is 11.3 Å². The zero-order chi connectivity index (χ0) is 25.2. The van der Waals surface area contributed by atoms with E-state index in [4.69, 9.17) is 10.00 Å². The molecule has 0 bridgehead atoms. The van der Waals surface area contributed by atoms with Crippen LogP contribution in [0.3, 0.4) is 0 Å². The van der Waals surface area contributed by atoms with Gasteiger partial charge >= 0.3 is 18.0 Å². The highest BCUT2D eigenvalue weighted by molar-refractivity contribution is 5.96. The maximum atomic E-state index is 13.2. The summed E-state index contributed by atoms with van der Waals surface area (Å²) >= 11 is 0. The van der Waals surface area contributed by atoms with E-state index in [1.165, 1.54) is 42.5 Å². The van der Waals surface area contributed by atoms with Gasteiger partial charge in [-0.3, -0.25) is 4.79 Å². The van der Waals surface area contributed by atoms with Crippen LogP contribution in [0.1, 0.15) is 21.8 Å². The van der Waals surface area contributed by atoms with Crippen molar-refractivity contribution >= 4 is 17.7 Å². The van der Waals surface area contributed by atoms with E-state index < -0.39 is 30.0 Å². The molecular weight excluding hydrogens is 469 g/mol. The molecule has 1 unspecified atom stereocenters. The first-order valence-electron chi connectivity index (χ1n) is 10.2. The van der Waals surface area contributed by atoms with Gasteiger partial charge in [-0.25, -0.2) is 9.78 Å². The Kier molecular flexibility index (Phi) is 6.37. The number of aromatic nitrogens is 3. The molecule has 2 aromatic heterocycles. The molecule has 10 nitrogen and oxygen atoms in total. The Morgan fingerprint density at radius 3 is 2.66 bits per heavy atom. The molecule has 1 fully saturated rings. The normalized spacial score (nSPS) is 16.0. The molecule has 35 heavy (non-hydrogen) atoms. The highest BCUT2D eigenvalue weighted by Gasteiger charge is 2.39. The van der Waals surface area contributed by atoms with E-state index in [1.807, 2.05) is 6.07 Å². The second-order valence-corrected chi connectivity index (χ2v) is 7.50. The molecule has 1 amide bonds. The van der Waals surface area contributed by atoms with Gasteiger partial charge in [0.1, 0.15) is 17.9 Å². The van der Waals surface area contributed by atoms with Crippen molar-refractivity contribution in [3.05, 3.63) is 59.6 Å². The van der Waals surface area contributed by atoms with E-state index in [2.05, 4.69) is 19.6 Å². The number of hydrogen-bond acceptors (Lipinski definition) is 9. The van der Waals surface area contributed by atoms with E-state index >= 15 is 0 Å². The number of rotatable bonds is 4. The standard InChI is InChI=1S/C22H17F3N6O4/c1-34-20(33)16-12-30(7-8-31(16)17-6-5-13(10-26)11-27-17)19(32)15-4-2-3-14(9-15)18-28-21(35-29-18)22(23,24)25/h2-6,9,11,16H,7-8,12H2,1H3. The molecule has 180 valence electrons. The van der Waals surface area contributed by atoms with Gasteiger partial charge in [0.15, 0.2) is 0 Å². The summed E-state index contributed by atoms with van der Waals surface area (Å²) in [6, 6.07) is 10.1. The summed E-state index contributed by atoms with van der Waals surface area (Å²) in [6.45, 7) is 0.473. The molecule has 3 heterocycles. The van der Waals surface area contributed by atoms with Gasteiger partial charge in [-0.15, -0.1) is 0 Å². The third-order valence-corrected chi connectivity index (χ3v) is 5.35. The summed E-state index contributed by atoms with van der Waals surface area (Å²) in [5.41, 5.74) is 0.704. The summed E-state index contributed by atoms with van der Waals surface area (Å²) < 4.78 is 47.5. The van der Waals surface area contributed by atoms with Crippen LogP contribution in [0.2, 0.25) is 0 Å². The van der Waals surface area contributed by atoms with Crippen LogP contribution in [-0.2, 0) is 15.7 Å². The number of hydrogen-bond donors (Lipinski definition) is 0. The number of piperazine rings is 1. The average molecular weight is 486 g/mol. The molecule has 3 aromatic rings. The minimum Gasteiger partial charge on any atom is -0.467 e. The number of halogens is 3. The van der Waals surface area contributed by atoms with Crippen molar-refractivity contribution in [1.82, 2.24) is 20.0 Å². The van der Waals surface area contributed by atoms with Gasteiger partial charge in [0, 0.05) is 30.4 Å². The Morgan fingerprint density at radius 1 is 1.23 bits per heavy atom. The molecule has 1 atom stereocenters. The van der Waals surface area contributed by atoms with Crippen LogP contribution in [0.5, 0.6) is 0 Å². The summed E-state index contributed by atoms with van der Waals surface area (Å²) in [5.74, 6) is -2.36. The number of nitrogens with zero attached hydrogens (tertiary/aromatic N) is 6. The first-order valence-corrected chi connectivity index (χ1v) is 10.2. The minimum absolute atomic E-state index is 0.0160. The molecule has 0 saturated carbocycles. The van der Waals surface area contributed by atoms with Crippen LogP contribution in [0.25, 0.3) is 11.4 Å². The fourth-order valence-electron chi connectivity index (χ4n) is 3.63. The number of amides is 1. The molecule has 1 saturated heterocycles. The molecule has 0 aliphatic carbocycles. The minimum atomic E-state index is -4.79. The molecule has 0 spiro atoms. The third kappa shape index (κ3) is 4.91. The van der Waals surface area contributed by atoms with Crippen molar-refractivity contribution in [2.24, 2.45) is 0 Å². The van der Waals surface area contributed by atoms with Crippen LogP contribution >= 0.6 is 0 Å². The fraction of sp³-hybridized carbons (Fsp3) is 0.273. The topological polar surface area (TPSA) is 125 Å². The van der Waals surface area contributed by atoms with E-state index in [-0.39, 0.29) is 36.6 Å². The number of carbonyl (C=O) groups is 2. The molecular formula is C22H17F3N6O4. The molecule has 0 radical (unpaired) electrons. The molecule has 1 aliphatic heterocycles. The van der Waals surface area contributed by atoms with Crippen molar-refractivity contribution in [3.63, 3.8) is 0 Å². The van der Waals surface area contributed by atoms with Crippen molar-refractivity contribution < 1.29 is 32.0 Å². The molecule has 0 N–H and O–H groups in total. The molecule has 1 aromatic carbocycles. The fourth-order valence-corrected chi connectivity index (χ4v) is 3.63. The van der Waals surface area contributed by atoms with Gasteiger partial charge in [0.25, 0.3) is 5.91 Å². The Balaban J connectivity index is 1.55. The number of carbonyl (C=O) groups excluding carboxylic acids is 2. The lowest BCUT2D eigenvalue weighted by molar-refractivity contribution is -0.159. The molecule has 4 rings (SSSR count). The number of methoxy groups -OCH3 is 1. The largest absolute Gasteiger partial charge is 0.471 e. The Bertz CT molecular complexity index is 1290. The van der Waals surface area contributed by atoms with Crippen LogP contribution in [0.4, 0.5) is 19.0 Å². The monoisotopic (exact) mass is 486 g/mol. The lowest BCUT2D eigenvalue weighted by Crippen LogP contribution is -2.58. The highest BCUT2D eigenvalue weighted by Crippen LogP contribution is 2.30. The van der Waals surface area contributed by atoms with Crippen molar-refractivity contribution in [1.29, 1.82) is 5.26 Å². The number of esters is 1. The predicted octanol–water partition coefficient (Wildman–Crippen LogP) is 2.53. The van der Waals surface area contributed by atoms with E-state index in [1.54, 1.807) is 17.0 Å². The summed E-state index contributed by atoms with van der Waals surface area (Å²) in [6.07, 6.45) is -3.40. The number of benzene rings is 1. The Morgan fingerprint density at radius 2 is 2.03 bits per heavy atom. The lowest BCUT2D eigenvalue weighted by Gasteiger charge is -2.40. The first kappa shape index (κ1) is 23.7. The van der Waals surface area contributed by atoms with Crippen molar-refractivity contribution in [2.45, 2.75) is 12.2 Å². The van der Waals surface area contributed by atoms with Gasteiger partial charge in [0.2, 0.25) is 5.82 Å². The number of alkyl halides is 3. The lowest BCUT2D eigenvalue weighted by atomic mass is 10.1. The second-order valence-electron chi connectivity index (χ2n) is 7.50. The van der Waals surface area contributed by atoms with Gasteiger partial charge in [0.05, 0.1) is 19.2 Å². The smallest absolute Gasteiger partial charge is 0.467 e. The SMILES string of the molecule is COC(=O)C1CN(C(=O)c2cccc(-c3noc(C(F)(F)F)n3)c2)CCN1c1ccc(C#N)cn1. The van der Waals surface area contributed by atoms with E-state index in [0.29, 0.717) is 11.4 Å². The molecule has 1 aliphatic rings. The van der Waals surface area contributed by atoms with Crippen LogP contribution in [-0.4, -0.2) is 64.7 Å². The quantitative estimate of drug-likeness (QED) is 0.512. The van der Waals surface area contributed by atoms with Gasteiger partial charge in [-0.1, -0.05) is 17.3 Å². The second kappa shape index (κ2) is 9.41. The summed E-state index contributed by atoms with van der Waals surface area (Å²) in [4.78, 5) is 36.4. The maximum Gasteiger partial charge on any atom is 0.471 e. The Hall–Kier alpha value is -4.47. The number of pyridine rings is 1. The van der Waals surface area contributed by atoms with Gasteiger partial charge in [-0.05, 0) is 24.3 Å². The molecule has 13 heteroatoms. The van der Waals surface area contributed by atoms with E-state index in [0.717, 1.165) is 0 Å². The maximum absolute atomic E-state index is 13.2. The number of anilines is 1. The summed E-state index contributed by atoms with van der Waals surface area (Å²) in [7, 11) is 1.23. The van der Waals surface area contributed by atoms with Crippen LogP contribution < -0.4 is 4.90 Å². The zero-order valence-corrected chi connectivity index (χ0v) is 18.2. The highest BCUT2D eigenvalue weighted by atomic mass is 19.4. The third-order valence-electron chi connectivity index (χ3n) is 5.35. The van der Waals surface area contributed by atoms with E-state index in [9.17, 15) is 22.8 Å². The predicted molar refractivity (Wildman–Crippen MR) is 113 cm³/mol.